The molecular formula is C11H20N4O2. The summed E-state index contributed by atoms with van der Waals surface area (Å²) >= 11 is 0. The second-order valence-corrected chi connectivity index (χ2v) is 4.45. The molecule has 1 atom stereocenters. The van der Waals surface area contributed by atoms with E-state index >= 15 is 0 Å². The summed E-state index contributed by atoms with van der Waals surface area (Å²) in [5, 5.41) is 18.7. The minimum Gasteiger partial charge on any atom is -0.394 e. The minimum absolute atomic E-state index is 0.0990. The molecule has 1 heterocycles. The van der Waals surface area contributed by atoms with Crippen molar-refractivity contribution >= 4 is 11.8 Å². The van der Waals surface area contributed by atoms with E-state index in [1.807, 2.05) is 20.9 Å². The first-order chi connectivity index (χ1) is 7.90. The maximum atomic E-state index is 11.7. The van der Waals surface area contributed by atoms with Crippen molar-refractivity contribution in [2.24, 2.45) is 7.05 Å². The van der Waals surface area contributed by atoms with Crippen LogP contribution in [0, 0.1) is 6.92 Å². The van der Waals surface area contributed by atoms with Gasteiger partial charge in [-0.2, -0.15) is 5.10 Å². The number of aliphatic hydroxyl groups is 1. The van der Waals surface area contributed by atoms with Crippen molar-refractivity contribution in [1.29, 1.82) is 0 Å². The summed E-state index contributed by atoms with van der Waals surface area (Å²) in [5.74, 6) is 0.499. The number of carbonyl (C=O) groups excluding carboxylic acids is 1. The van der Waals surface area contributed by atoms with Gasteiger partial charge < -0.3 is 10.4 Å². The van der Waals surface area contributed by atoms with Crippen LogP contribution in [0.5, 0.6) is 0 Å². The lowest BCUT2D eigenvalue weighted by Crippen LogP contribution is -2.50. The van der Waals surface area contributed by atoms with Crippen LogP contribution < -0.4 is 10.6 Å². The van der Waals surface area contributed by atoms with Crippen molar-refractivity contribution in [2.75, 3.05) is 11.9 Å². The van der Waals surface area contributed by atoms with Gasteiger partial charge in [0.1, 0.15) is 0 Å². The third kappa shape index (κ3) is 3.45. The monoisotopic (exact) mass is 240 g/mol. The normalized spacial score (nSPS) is 14.2. The van der Waals surface area contributed by atoms with Gasteiger partial charge in [-0.1, -0.05) is 6.92 Å². The molecule has 0 spiro atoms. The topological polar surface area (TPSA) is 79.2 Å². The van der Waals surface area contributed by atoms with E-state index in [1.54, 1.807) is 17.7 Å². The standard InChI is InChI=1S/C11H20N4O2/c1-5-11(3,7-16)13-10(17)12-9-6-8(2)15(4)14-9/h6,16H,5,7H2,1-4H3,(H2,12,13,14,17). The summed E-state index contributed by atoms with van der Waals surface area (Å²) in [4.78, 5) is 11.7. The number of hydrogen-bond acceptors (Lipinski definition) is 3. The highest BCUT2D eigenvalue weighted by Gasteiger charge is 2.23. The molecule has 1 rings (SSSR count). The van der Waals surface area contributed by atoms with Gasteiger partial charge in [0.15, 0.2) is 5.82 Å². The van der Waals surface area contributed by atoms with Crippen molar-refractivity contribution in [3.8, 4) is 0 Å². The highest BCUT2D eigenvalue weighted by atomic mass is 16.3. The Hall–Kier alpha value is -1.56. The van der Waals surface area contributed by atoms with E-state index in [0.29, 0.717) is 12.2 Å². The van der Waals surface area contributed by atoms with Crippen LogP contribution in [0.3, 0.4) is 0 Å². The largest absolute Gasteiger partial charge is 0.394 e. The van der Waals surface area contributed by atoms with Crippen LogP contribution >= 0.6 is 0 Å². The molecule has 2 amide bonds. The first-order valence-electron chi connectivity index (χ1n) is 5.61. The molecule has 17 heavy (non-hydrogen) atoms. The van der Waals surface area contributed by atoms with Crippen LogP contribution in [0.1, 0.15) is 26.0 Å². The lowest BCUT2D eigenvalue weighted by atomic mass is 10.0. The molecule has 1 aromatic rings. The van der Waals surface area contributed by atoms with Crippen LogP contribution in [-0.4, -0.2) is 33.1 Å². The average molecular weight is 240 g/mol. The summed E-state index contributed by atoms with van der Waals surface area (Å²) in [6.45, 7) is 5.50. The van der Waals surface area contributed by atoms with Gasteiger partial charge in [-0.15, -0.1) is 0 Å². The first kappa shape index (κ1) is 13.5. The van der Waals surface area contributed by atoms with Gasteiger partial charge in [-0.3, -0.25) is 10.00 Å². The molecule has 3 N–H and O–H groups in total. The Kier molecular flexibility index (Phi) is 4.11. The molecule has 0 fully saturated rings. The van der Waals surface area contributed by atoms with Crippen molar-refractivity contribution in [1.82, 2.24) is 15.1 Å². The Morgan fingerprint density at radius 2 is 2.29 bits per heavy atom. The Balaban J connectivity index is 2.61. The number of aryl methyl sites for hydroxylation is 2. The van der Waals surface area contributed by atoms with Gasteiger partial charge in [0, 0.05) is 18.8 Å². The van der Waals surface area contributed by atoms with Crippen LogP contribution in [0.4, 0.5) is 10.6 Å². The van der Waals surface area contributed by atoms with E-state index in [2.05, 4.69) is 15.7 Å². The van der Waals surface area contributed by atoms with E-state index in [0.717, 1.165) is 5.69 Å². The zero-order valence-electron chi connectivity index (χ0n) is 10.7. The highest BCUT2D eigenvalue weighted by Crippen LogP contribution is 2.10. The second kappa shape index (κ2) is 5.18. The fourth-order valence-electron chi connectivity index (χ4n) is 1.28. The third-order valence-electron chi connectivity index (χ3n) is 2.90. The molecule has 1 unspecified atom stereocenters. The van der Waals surface area contributed by atoms with Crippen molar-refractivity contribution < 1.29 is 9.90 Å². The van der Waals surface area contributed by atoms with Gasteiger partial charge in [-0.25, -0.2) is 4.79 Å². The quantitative estimate of drug-likeness (QED) is 0.735. The fourth-order valence-corrected chi connectivity index (χ4v) is 1.28. The number of rotatable bonds is 4. The predicted molar refractivity (Wildman–Crippen MR) is 65.9 cm³/mol. The SMILES string of the molecule is CCC(C)(CO)NC(=O)Nc1cc(C)n(C)n1. The van der Waals surface area contributed by atoms with E-state index in [-0.39, 0.29) is 12.6 Å². The lowest BCUT2D eigenvalue weighted by molar-refractivity contribution is 0.172. The molecule has 0 saturated heterocycles. The number of carbonyl (C=O) groups is 1. The Morgan fingerprint density at radius 1 is 1.65 bits per heavy atom. The number of anilines is 1. The van der Waals surface area contributed by atoms with Gasteiger partial charge >= 0.3 is 6.03 Å². The van der Waals surface area contributed by atoms with Crippen molar-refractivity contribution in [3.63, 3.8) is 0 Å². The summed E-state index contributed by atoms with van der Waals surface area (Å²) in [6, 6.07) is 1.42. The highest BCUT2D eigenvalue weighted by molar-refractivity contribution is 5.88. The second-order valence-electron chi connectivity index (χ2n) is 4.45. The number of aliphatic hydroxyl groups excluding tert-OH is 1. The predicted octanol–water partition coefficient (Wildman–Crippen LogP) is 1.01. The summed E-state index contributed by atoms with van der Waals surface area (Å²) in [5.41, 5.74) is 0.356. The van der Waals surface area contributed by atoms with Crippen molar-refractivity contribution in [3.05, 3.63) is 11.8 Å². The molecule has 0 aliphatic carbocycles. The van der Waals surface area contributed by atoms with E-state index in [1.165, 1.54) is 0 Å². The van der Waals surface area contributed by atoms with Crippen LogP contribution in [0.25, 0.3) is 0 Å². The number of nitrogens with zero attached hydrogens (tertiary/aromatic N) is 2. The van der Waals surface area contributed by atoms with E-state index < -0.39 is 5.54 Å². The molecule has 0 aliphatic heterocycles. The molecule has 0 bridgehead atoms. The molecule has 1 aromatic heterocycles. The first-order valence-corrected chi connectivity index (χ1v) is 5.61. The van der Waals surface area contributed by atoms with Gasteiger partial charge in [-0.05, 0) is 20.3 Å². The number of amides is 2. The maximum absolute atomic E-state index is 11.7. The lowest BCUT2D eigenvalue weighted by Gasteiger charge is -2.26. The van der Waals surface area contributed by atoms with Crippen molar-refractivity contribution in [2.45, 2.75) is 32.7 Å². The van der Waals surface area contributed by atoms with Crippen LogP contribution in [-0.2, 0) is 7.05 Å². The smallest absolute Gasteiger partial charge is 0.320 e. The number of aromatic nitrogens is 2. The zero-order valence-corrected chi connectivity index (χ0v) is 10.7. The fraction of sp³-hybridized carbons (Fsp3) is 0.636. The van der Waals surface area contributed by atoms with Crippen LogP contribution in [0.15, 0.2) is 6.07 Å². The Bertz CT molecular complexity index is 377. The summed E-state index contributed by atoms with van der Waals surface area (Å²) in [7, 11) is 1.81. The number of hydrogen-bond donors (Lipinski definition) is 3. The van der Waals surface area contributed by atoms with Gasteiger partial charge in [0.2, 0.25) is 0 Å². The molecule has 0 radical (unpaired) electrons. The molecular weight excluding hydrogens is 220 g/mol. The van der Waals surface area contributed by atoms with Gasteiger partial charge in [0.25, 0.3) is 0 Å². The van der Waals surface area contributed by atoms with Crippen LogP contribution in [0.2, 0.25) is 0 Å². The Morgan fingerprint density at radius 3 is 2.71 bits per heavy atom. The average Bonchev–Trinajstić information content (AvgIpc) is 2.57. The zero-order chi connectivity index (χ0) is 13.1. The summed E-state index contributed by atoms with van der Waals surface area (Å²) in [6.07, 6.45) is 0.651. The molecule has 6 heteroatoms. The summed E-state index contributed by atoms with van der Waals surface area (Å²) < 4.78 is 1.68. The molecule has 0 saturated carbocycles. The molecule has 0 aromatic carbocycles. The number of nitrogens with one attached hydrogen (secondary N) is 2. The molecule has 6 nitrogen and oxygen atoms in total. The van der Waals surface area contributed by atoms with E-state index in [9.17, 15) is 9.90 Å². The molecule has 0 aliphatic rings. The molecule has 96 valence electrons. The Labute approximate surface area is 101 Å². The van der Waals surface area contributed by atoms with Gasteiger partial charge in [0.05, 0.1) is 12.1 Å². The third-order valence-corrected chi connectivity index (χ3v) is 2.90. The maximum Gasteiger partial charge on any atom is 0.320 e. The number of urea groups is 1. The minimum atomic E-state index is -0.603. The van der Waals surface area contributed by atoms with E-state index in [4.69, 9.17) is 0 Å².